The highest BCUT2D eigenvalue weighted by molar-refractivity contribution is 7.92. The van der Waals surface area contributed by atoms with Gasteiger partial charge in [-0.3, -0.25) is 19.6 Å². The number of imide groups is 1. The smallest absolute Gasteiger partial charge is 0.337 e. The van der Waals surface area contributed by atoms with E-state index in [1.54, 1.807) is 0 Å². The molecule has 2 amide bonds. The van der Waals surface area contributed by atoms with Gasteiger partial charge in [0.25, 0.3) is 21.8 Å². The second-order valence-electron chi connectivity index (χ2n) is 5.17. The fourth-order valence-corrected chi connectivity index (χ4v) is 3.40. The first-order valence-electron chi connectivity index (χ1n) is 7.03. The van der Waals surface area contributed by atoms with Gasteiger partial charge >= 0.3 is 5.97 Å². The predicted octanol–water partition coefficient (Wildman–Crippen LogP) is 1.16. The SMILES string of the molecule is COC(=O)c1ccc(NS(=O)(=O)c2ccc3c(c2)C(=O)NC3=O)cc1. The number of carbonyl (C=O) groups excluding carboxylic acids is 3. The van der Waals surface area contributed by atoms with Crippen LogP contribution in [0.3, 0.4) is 0 Å². The number of amides is 2. The van der Waals surface area contributed by atoms with Gasteiger partial charge in [0.05, 0.1) is 28.7 Å². The molecular formula is C16H12N2O6S. The van der Waals surface area contributed by atoms with Gasteiger partial charge in [-0.15, -0.1) is 0 Å². The number of nitrogens with one attached hydrogen (secondary N) is 2. The normalized spacial score (nSPS) is 13.2. The summed E-state index contributed by atoms with van der Waals surface area (Å²) in [7, 11) is -2.73. The molecule has 0 bridgehead atoms. The van der Waals surface area contributed by atoms with E-state index in [1.165, 1.54) is 43.5 Å². The highest BCUT2D eigenvalue weighted by Crippen LogP contribution is 2.22. The van der Waals surface area contributed by atoms with Crippen molar-refractivity contribution >= 4 is 33.5 Å². The molecule has 0 spiro atoms. The van der Waals surface area contributed by atoms with Crippen LogP contribution in [0, 0.1) is 0 Å². The molecule has 1 heterocycles. The summed E-state index contributed by atoms with van der Waals surface area (Å²) in [5, 5.41) is 2.10. The molecule has 0 aromatic heterocycles. The molecule has 1 aliphatic heterocycles. The van der Waals surface area contributed by atoms with Crippen LogP contribution in [0.15, 0.2) is 47.4 Å². The lowest BCUT2D eigenvalue weighted by molar-refractivity contribution is 0.0600. The van der Waals surface area contributed by atoms with Crippen LogP contribution in [0.4, 0.5) is 5.69 Å². The fourth-order valence-electron chi connectivity index (χ4n) is 2.32. The molecule has 0 aliphatic carbocycles. The van der Waals surface area contributed by atoms with Crippen molar-refractivity contribution in [3.05, 3.63) is 59.2 Å². The minimum Gasteiger partial charge on any atom is -0.465 e. The van der Waals surface area contributed by atoms with Gasteiger partial charge < -0.3 is 4.74 Å². The molecule has 1 aliphatic rings. The zero-order valence-corrected chi connectivity index (χ0v) is 13.7. The molecule has 2 aromatic rings. The first-order valence-corrected chi connectivity index (χ1v) is 8.51. The van der Waals surface area contributed by atoms with Crippen LogP contribution < -0.4 is 10.0 Å². The van der Waals surface area contributed by atoms with Crippen molar-refractivity contribution in [1.29, 1.82) is 0 Å². The van der Waals surface area contributed by atoms with E-state index in [4.69, 9.17) is 0 Å². The van der Waals surface area contributed by atoms with Crippen LogP contribution in [-0.4, -0.2) is 33.3 Å². The third-order valence-electron chi connectivity index (χ3n) is 3.58. The van der Waals surface area contributed by atoms with Crippen molar-refractivity contribution < 1.29 is 27.5 Å². The number of anilines is 1. The lowest BCUT2D eigenvalue weighted by Gasteiger charge is -2.09. The van der Waals surface area contributed by atoms with Crippen molar-refractivity contribution in [2.24, 2.45) is 0 Å². The molecule has 0 radical (unpaired) electrons. The summed E-state index contributed by atoms with van der Waals surface area (Å²) in [5.41, 5.74) is 0.645. The Morgan fingerprint density at radius 3 is 2.28 bits per heavy atom. The number of methoxy groups -OCH3 is 1. The maximum absolute atomic E-state index is 12.4. The van der Waals surface area contributed by atoms with Crippen molar-refractivity contribution in [2.45, 2.75) is 4.90 Å². The molecule has 0 saturated heterocycles. The minimum atomic E-state index is -3.97. The third kappa shape index (κ3) is 3.09. The average Bonchev–Trinajstić information content (AvgIpc) is 2.88. The monoisotopic (exact) mass is 360 g/mol. The summed E-state index contributed by atoms with van der Waals surface area (Å²) in [6.45, 7) is 0. The Morgan fingerprint density at radius 1 is 1.00 bits per heavy atom. The Hall–Kier alpha value is -3.20. The molecule has 128 valence electrons. The fraction of sp³-hybridized carbons (Fsp3) is 0.0625. The standard InChI is InChI=1S/C16H12N2O6S/c1-24-16(21)9-2-4-10(5-3-9)18-25(22,23)11-6-7-12-13(8-11)15(20)17-14(12)19/h2-8,18H,1H3,(H,17,19,20). The van der Waals surface area contributed by atoms with E-state index < -0.39 is 27.8 Å². The number of hydrogen-bond acceptors (Lipinski definition) is 6. The summed E-state index contributed by atoms with van der Waals surface area (Å²) in [6.07, 6.45) is 0. The molecule has 9 heteroatoms. The van der Waals surface area contributed by atoms with Crippen LogP contribution in [0.2, 0.25) is 0 Å². The van der Waals surface area contributed by atoms with Gasteiger partial charge in [0.15, 0.2) is 0 Å². The molecular weight excluding hydrogens is 348 g/mol. The maximum Gasteiger partial charge on any atom is 0.337 e. The first kappa shape index (κ1) is 16.7. The van der Waals surface area contributed by atoms with Crippen LogP contribution in [-0.2, 0) is 14.8 Å². The molecule has 3 rings (SSSR count). The van der Waals surface area contributed by atoms with Gasteiger partial charge in [-0.05, 0) is 42.5 Å². The van der Waals surface area contributed by atoms with Crippen LogP contribution in [0.25, 0.3) is 0 Å². The van der Waals surface area contributed by atoms with Gasteiger partial charge in [-0.2, -0.15) is 0 Å². The third-order valence-corrected chi connectivity index (χ3v) is 4.95. The first-order chi connectivity index (χ1) is 11.8. The minimum absolute atomic E-state index is 0.00825. The lowest BCUT2D eigenvalue weighted by Crippen LogP contribution is -2.19. The molecule has 0 saturated carbocycles. The highest BCUT2D eigenvalue weighted by Gasteiger charge is 2.28. The van der Waals surface area contributed by atoms with E-state index >= 15 is 0 Å². The highest BCUT2D eigenvalue weighted by atomic mass is 32.2. The van der Waals surface area contributed by atoms with Crippen LogP contribution in [0.5, 0.6) is 0 Å². The maximum atomic E-state index is 12.4. The molecule has 0 unspecified atom stereocenters. The Labute approximate surface area is 142 Å². The van der Waals surface area contributed by atoms with Gasteiger partial charge in [0, 0.05) is 5.69 Å². The van der Waals surface area contributed by atoms with E-state index in [-0.39, 0.29) is 27.3 Å². The second-order valence-corrected chi connectivity index (χ2v) is 6.85. The van der Waals surface area contributed by atoms with Gasteiger partial charge in [0.1, 0.15) is 0 Å². The van der Waals surface area contributed by atoms with Crippen molar-refractivity contribution in [3.63, 3.8) is 0 Å². The number of sulfonamides is 1. The Kier molecular flexibility index (Phi) is 4.01. The number of esters is 1. The zero-order chi connectivity index (χ0) is 18.2. The molecule has 0 atom stereocenters. The summed E-state index contributed by atoms with van der Waals surface area (Å²) >= 11 is 0. The van der Waals surface area contributed by atoms with Crippen molar-refractivity contribution in [2.75, 3.05) is 11.8 Å². The topological polar surface area (TPSA) is 119 Å². The number of hydrogen-bond donors (Lipinski definition) is 2. The number of benzene rings is 2. The van der Waals surface area contributed by atoms with Gasteiger partial charge in [-0.25, -0.2) is 13.2 Å². The summed E-state index contributed by atoms with van der Waals surface area (Å²) in [4.78, 5) is 34.4. The number of rotatable bonds is 4. The van der Waals surface area contributed by atoms with Crippen molar-refractivity contribution in [3.8, 4) is 0 Å². The van der Waals surface area contributed by atoms with E-state index in [0.29, 0.717) is 0 Å². The van der Waals surface area contributed by atoms with Crippen molar-refractivity contribution in [1.82, 2.24) is 5.32 Å². The molecule has 8 nitrogen and oxygen atoms in total. The molecule has 25 heavy (non-hydrogen) atoms. The summed E-state index contributed by atoms with van der Waals surface area (Å²) in [6, 6.07) is 9.31. The summed E-state index contributed by atoms with van der Waals surface area (Å²) < 4.78 is 31.8. The van der Waals surface area contributed by atoms with E-state index in [2.05, 4.69) is 14.8 Å². The predicted molar refractivity (Wildman–Crippen MR) is 86.8 cm³/mol. The molecule has 2 N–H and O–H groups in total. The van der Waals surface area contributed by atoms with Crippen LogP contribution in [0.1, 0.15) is 31.1 Å². The Bertz CT molecular complexity index is 996. The Morgan fingerprint density at radius 2 is 1.64 bits per heavy atom. The second kappa shape index (κ2) is 6.02. The zero-order valence-electron chi connectivity index (χ0n) is 12.9. The van der Waals surface area contributed by atoms with Crippen LogP contribution >= 0.6 is 0 Å². The molecule has 2 aromatic carbocycles. The van der Waals surface area contributed by atoms with E-state index in [1.807, 2.05) is 0 Å². The quantitative estimate of drug-likeness (QED) is 0.624. The lowest BCUT2D eigenvalue weighted by atomic mass is 10.1. The summed E-state index contributed by atoms with van der Waals surface area (Å²) in [5.74, 6) is -1.74. The number of ether oxygens (including phenoxy) is 1. The Balaban J connectivity index is 1.88. The average molecular weight is 360 g/mol. The number of carbonyl (C=O) groups is 3. The molecule has 0 fully saturated rings. The van der Waals surface area contributed by atoms with Gasteiger partial charge in [0.2, 0.25) is 0 Å². The number of fused-ring (bicyclic) bond motifs is 1. The largest absolute Gasteiger partial charge is 0.465 e. The van der Waals surface area contributed by atoms with Gasteiger partial charge in [-0.1, -0.05) is 0 Å². The van der Waals surface area contributed by atoms with E-state index in [0.717, 1.165) is 6.07 Å². The van der Waals surface area contributed by atoms with E-state index in [9.17, 15) is 22.8 Å².